The van der Waals surface area contributed by atoms with Crippen molar-refractivity contribution in [3.8, 4) is 11.3 Å². The minimum Gasteiger partial charge on any atom is -0.324 e. The molecule has 0 aliphatic carbocycles. The zero-order chi connectivity index (χ0) is 18.8. The summed E-state index contributed by atoms with van der Waals surface area (Å²) in [4.78, 5) is 20.1. The van der Waals surface area contributed by atoms with E-state index in [2.05, 4.69) is 42.3 Å². The van der Waals surface area contributed by atoms with Crippen LogP contribution in [-0.2, 0) is 6.54 Å². The number of nitrogens with zero attached hydrogens (tertiary/aromatic N) is 6. The summed E-state index contributed by atoms with van der Waals surface area (Å²) < 4.78 is 1.97. The van der Waals surface area contributed by atoms with Crippen LogP contribution < -0.4 is 5.32 Å². The number of imidazole rings is 1. The van der Waals surface area contributed by atoms with Crippen LogP contribution in [0.5, 0.6) is 0 Å². The van der Waals surface area contributed by atoms with Gasteiger partial charge in [-0.3, -0.25) is 14.9 Å². The van der Waals surface area contributed by atoms with Gasteiger partial charge in [0, 0.05) is 36.9 Å². The highest BCUT2D eigenvalue weighted by Gasteiger charge is 2.12. The van der Waals surface area contributed by atoms with E-state index in [1.807, 2.05) is 35.1 Å². The molecule has 0 saturated carbocycles. The average molecular weight is 371 g/mol. The van der Waals surface area contributed by atoms with Crippen LogP contribution >= 0.6 is 0 Å². The third kappa shape index (κ3) is 3.57. The van der Waals surface area contributed by atoms with Crippen LogP contribution in [0.3, 0.4) is 0 Å². The van der Waals surface area contributed by atoms with Gasteiger partial charge in [-0.25, -0.2) is 9.97 Å². The molecule has 28 heavy (non-hydrogen) atoms. The summed E-state index contributed by atoms with van der Waals surface area (Å²) in [6, 6.07) is 8.07. The molecule has 0 unspecified atom stereocenters. The van der Waals surface area contributed by atoms with Crippen molar-refractivity contribution in [3.05, 3.63) is 67.0 Å². The smallest absolute Gasteiger partial charge is 0.157 e. The van der Waals surface area contributed by atoms with Crippen LogP contribution in [0.25, 0.3) is 16.9 Å². The van der Waals surface area contributed by atoms with Gasteiger partial charge in [0.25, 0.3) is 0 Å². The molecular weight excluding hydrogens is 350 g/mol. The van der Waals surface area contributed by atoms with E-state index in [0.717, 1.165) is 35.1 Å². The lowest BCUT2D eigenvalue weighted by molar-refractivity contribution is 0.331. The van der Waals surface area contributed by atoms with E-state index < -0.39 is 0 Å². The van der Waals surface area contributed by atoms with Crippen molar-refractivity contribution in [3.63, 3.8) is 0 Å². The molecule has 0 atom stereocenters. The lowest BCUT2D eigenvalue weighted by Crippen LogP contribution is -2.18. The monoisotopic (exact) mass is 371 g/mol. The first-order chi connectivity index (χ1) is 13.8. The number of fused-ring (bicyclic) bond motifs is 1. The molecule has 4 aromatic rings. The minimum absolute atomic E-state index is 0.750. The van der Waals surface area contributed by atoms with E-state index in [1.165, 1.54) is 31.5 Å². The summed E-state index contributed by atoms with van der Waals surface area (Å²) in [7, 11) is 0. The quantitative estimate of drug-likeness (QED) is 0.579. The van der Waals surface area contributed by atoms with Gasteiger partial charge in [0.15, 0.2) is 11.5 Å². The Morgan fingerprint density at radius 2 is 1.79 bits per heavy atom. The first kappa shape index (κ1) is 16.8. The van der Waals surface area contributed by atoms with Gasteiger partial charge < -0.3 is 9.72 Å². The van der Waals surface area contributed by atoms with Crippen LogP contribution in [0.15, 0.2) is 61.4 Å². The van der Waals surface area contributed by atoms with Crippen molar-refractivity contribution in [1.82, 2.24) is 29.2 Å². The Hall–Kier alpha value is -3.32. The van der Waals surface area contributed by atoms with E-state index in [-0.39, 0.29) is 0 Å². The molecule has 0 amide bonds. The maximum Gasteiger partial charge on any atom is 0.157 e. The molecule has 0 radical (unpaired) electrons. The fourth-order valence-corrected chi connectivity index (χ4v) is 3.60. The number of rotatable bonds is 5. The summed E-state index contributed by atoms with van der Waals surface area (Å²) in [5.74, 6) is 1.56. The first-order valence-corrected chi connectivity index (χ1v) is 9.53. The highest BCUT2D eigenvalue weighted by molar-refractivity contribution is 5.61. The van der Waals surface area contributed by atoms with Crippen LogP contribution in [0.2, 0.25) is 0 Å². The van der Waals surface area contributed by atoms with Crippen molar-refractivity contribution in [2.45, 2.75) is 19.4 Å². The SMILES string of the molecule is c1cc(-c2cn3cc(Nc4cc(CN5CCCC5)ccn4)nc3cn2)ccn1. The van der Waals surface area contributed by atoms with E-state index in [0.29, 0.717) is 0 Å². The van der Waals surface area contributed by atoms with Crippen molar-refractivity contribution in [1.29, 1.82) is 0 Å². The zero-order valence-corrected chi connectivity index (χ0v) is 15.5. The molecule has 1 fully saturated rings. The Morgan fingerprint density at radius 3 is 2.64 bits per heavy atom. The Kier molecular flexibility index (Phi) is 4.42. The number of aromatic nitrogens is 5. The lowest BCUT2D eigenvalue weighted by Gasteiger charge is -2.14. The largest absolute Gasteiger partial charge is 0.324 e. The van der Waals surface area contributed by atoms with Gasteiger partial charge in [-0.15, -0.1) is 0 Å². The minimum atomic E-state index is 0.750. The molecule has 7 nitrogen and oxygen atoms in total. The average Bonchev–Trinajstić information content (AvgIpc) is 3.37. The summed E-state index contributed by atoms with van der Waals surface area (Å²) in [5, 5.41) is 3.32. The van der Waals surface area contributed by atoms with Gasteiger partial charge in [-0.2, -0.15) is 0 Å². The number of pyridine rings is 2. The van der Waals surface area contributed by atoms with Gasteiger partial charge in [0.05, 0.1) is 18.1 Å². The maximum atomic E-state index is 4.60. The predicted molar refractivity (Wildman–Crippen MR) is 108 cm³/mol. The Bertz CT molecular complexity index is 1080. The number of anilines is 2. The molecular formula is C21H21N7. The van der Waals surface area contributed by atoms with Crippen molar-refractivity contribution >= 4 is 17.3 Å². The number of hydrogen-bond donors (Lipinski definition) is 1. The molecule has 0 aromatic carbocycles. The second-order valence-corrected chi connectivity index (χ2v) is 7.06. The molecule has 1 saturated heterocycles. The summed E-state index contributed by atoms with van der Waals surface area (Å²) >= 11 is 0. The topological polar surface area (TPSA) is 71.2 Å². The van der Waals surface area contributed by atoms with Crippen molar-refractivity contribution in [2.75, 3.05) is 18.4 Å². The van der Waals surface area contributed by atoms with Crippen LogP contribution in [0.1, 0.15) is 18.4 Å². The highest BCUT2D eigenvalue weighted by Crippen LogP contribution is 2.20. The number of hydrogen-bond acceptors (Lipinski definition) is 6. The van der Waals surface area contributed by atoms with Crippen LogP contribution in [0.4, 0.5) is 11.6 Å². The van der Waals surface area contributed by atoms with Crippen LogP contribution in [0, 0.1) is 0 Å². The fraction of sp³-hybridized carbons (Fsp3) is 0.238. The molecule has 5 heterocycles. The second kappa shape index (κ2) is 7.36. The van der Waals surface area contributed by atoms with Gasteiger partial charge in [0.1, 0.15) is 5.82 Å². The van der Waals surface area contributed by atoms with E-state index in [4.69, 9.17) is 0 Å². The Balaban J connectivity index is 1.36. The van der Waals surface area contributed by atoms with Gasteiger partial charge >= 0.3 is 0 Å². The van der Waals surface area contributed by atoms with Gasteiger partial charge in [-0.05, 0) is 55.8 Å². The Labute approximate surface area is 163 Å². The maximum absolute atomic E-state index is 4.60. The Morgan fingerprint density at radius 1 is 0.929 bits per heavy atom. The summed E-state index contributed by atoms with van der Waals surface area (Å²) in [6.45, 7) is 3.34. The molecule has 7 heteroatoms. The molecule has 1 aliphatic heterocycles. The van der Waals surface area contributed by atoms with E-state index in [9.17, 15) is 0 Å². The van der Waals surface area contributed by atoms with Gasteiger partial charge in [0.2, 0.25) is 0 Å². The molecule has 5 rings (SSSR count). The third-order valence-corrected chi connectivity index (χ3v) is 5.00. The second-order valence-electron chi connectivity index (χ2n) is 7.06. The first-order valence-electron chi connectivity index (χ1n) is 9.53. The van der Waals surface area contributed by atoms with Gasteiger partial charge in [-0.1, -0.05) is 0 Å². The molecule has 1 aliphatic rings. The lowest BCUT2D eigenvalue weighted by atomic mass is 10.2. The van der Waals surface area contributed by atoms with Crippen molar-refractivity contribution in [2.24, 2.45) is 0 Å². The molecule has 4 aromatic heterocycles. The summed E-state index contributed by atoms with van der Waals surface area (Å²) in [6.07, 6.45) is 13.7. The fourth-order valence-electron chi connectivity index (χ4n) is 3.60. The number of likely N-dealkylation sites (tertiary alicyclic amines) is 1. The molecule has 1 N–H and O–H groups in total. The third-order valence-electron chi connectivity index (χ3n) is 5.00. The summed E-state index contributed by atoms with van der Waals surface area (Å²) in [5.41, 5.74) is 3.96. The zero-order valence-electron chi connectivity index (χ0n) is 15.5. The van der Waals surface area contributed by atoms with Crippen molar-refractivity contribution < 1.29 is 0 Å². The van der Waals surface area contributed by atoms with Crippen LogP contribution in [-0.4, -0.2) is 42.3 Å². The standard InChI is InChI=1S/C21H21N7/c1-2-10-27(9-1)13-16-3-8-23-19(11-16)25-20-15-28-14-18(24-12-21(28)26-20)17-4-6-22-7-5-17/h3-8,11-12,14-15H,1-2,9-10,13H2,(H,23,25). The van der Waals surface area contributed by atoms with E-state index in [1.54, 1.807) is 18.6 Å². The molecule has 140 valence electrons. The molecule has 0 spiro atoms. The predicted octanol–water partition coefficient (Wildman–Crippen LogP) is 3.53. The highest BCUT2D eigenvalue weighted by atomic mass is 15.1. The normalized spacial score (nSPS) is 14.6. The molecule has 0 bridgehead atoms. The number of nitrogens with one attached hydrogen (secondary N) is 1. The van der Waals surface area contributed by atoms with E-state index >= 15 is 0 Å².